The molecule has 0 aliphatic heterocycles. The van der Waals surface area contributed by atoms with E-state index in [1.807, 2.05) is 4.72 Å². The highest BCUT2D eigenvalue weighted by molar-refractivity contribution is 7.90. The van der Waals surface area contributed by atoms with Crippen molar-refractivity contribution in [3.05, 3.63) is 46.7 Å². The maximum atomic E-state index is 12.1. The van der Waals surface area contributed by atoms with Gasteiger partial charge in [0.1, 0.15) is 5.15 Å². The molecule has 0 bridgehead atoms. The van der Waals surface area contributed by atoms with Gasteiger partial charge in [0.25, 0.3) is 10.0 Å². The van der Waals surface area contributed by atoms with Gasteiger partial charge in [-0.05, 0) is 31.9 Å². The van der Waals surface area contributed by atoms with Crippen LogP contribution in [0.25, 0.3) is 0 Å². The topological polar surface area (TPSA) is 101 Å². The minimum absolute atomic E-state index is 0.0183. The third-order valence-corrected chi connectivity index (χ3v) is 5.11. The average Bonchev–Trinajstić information content (AvgIpc) is 2.54. The summed E-state index contributed by atoms with van der Waals surface area (Å²) in [6.07, 6.45) is 2.71. The molecular weight excluding hydrogens is 364 g/mol. The molecule has 9 heteroatoms. The summed E-state index contributed by atoms with van der Waals surface area (Å²) < 4.78 is 26.1. The van der Waals surface area contributed by atoms with E-state index >= 15 is 0 Å². The standard InChI is InChI=1S/C16H19ClN4O3S/c1-3-4-10-13-11(2)18-15(19-14(13)17)20-16(22)21-25(23,24)12-8-6-5-7-9-12/h5-9H,3-4,10H2,1-2H3,(H2,18,19,20,21,22). The number of carbonyl (C=O) groups is 1. The van der Waals surface area contributed by atoms with E-state index in [0.29, 0.717) is 5.69 Å². The summed E-state index contributed by atoms with van der Waals surface area (Å²) in [4.78, 5) is 20.1. The van der Waals surface area contributed by atoms with Crippen molar-refractivity contribution in [3.63, 3.8) is 0 Å². The van der Waals surface area contributed by atoms with Crippen LogP contribution in [-0.2, 0) is 16.4 Å². The molecule has 2 N–H and O–H groups in total. The molecule has 0 radical (unpaired) electrons. The second kappa shape index (κ2) is 8.26. The average molecular weight is 383 g/mol. The number of rotatable bonds is 6. The lowest BCUT2D eigenvalue weighted by Crippen LogP contribution is -2.35. The molecule has 7 nitrogen and oxygen atoms in total. The van der Waals surface area contributed by atoms with Gasteiger partial charge in [0, 0.05) is 11.3 Å². The van der Waals surface area contributed by atoms with E-state index in [9.17, 15) is 13.2 Å². The number of aryl methyl sites for hydroxylation is 1. The van der Waals surface area contributed by atoms with Crippen LogP contribution in [0.15, 0.2) is 35.2 Å². The number of hydrogen-bond acceptors (Lipinski definition) is 5. The van der Waals surface area contributed by atoms with E-state index in [4.69, 9.17) is 11.6 Å². The molecular formula is C16H19ClN4O3S. The van der Waals surface area contributed by atoms with Crippen LogP contribution in [0.1, 0.15) is 31.0 Å². The first kappa shape index (κ1) is 19.1. The van der Waals surface area contributed by atoms with Crippen molar-refractivity contribution in [1.82, 2.24) is 14.7 Å². The Morgan fingerprint density at radius 3 is 2.48 bits per heavy atom. The van der Waals surface area contributed by atoms with Crippen molar-refractivity contribution in [3.8, 4) is 0 Å². The van der Waals surface area contributed by atoms with Crippen LogP contribution in [0.3, 0.4) is 0 Å². The van der Waals surface area contributed by atoms with Gasteiger partial charge in [-0.25, -0.2) is 27.9 Å². The largest absolute Gasteiger partial charge is 0.335 e. The minimum Gasteiger partial charge on any atom is -0.275 e. The Kier molecular flexibility index (Phi) is 6.33. The summed E-state index contributed by atoms with van der Waals surface area (Å²) in [5, 5.41) is 2.55. The van der Waals surface area contributed by atoms with Crippen molar-refractivity contribution < 1.29 is 13.2 Å². The number of carbonyl (C=O) groups excluding carboxylic acids is 1. The molecule has 2 rings (SSSR count). The normalized spacial score (nSPS) is 11.2. The number of benzene rings is 1. The molecule has 0 atom stereocenters. The van der Waals surface area contributed by atoms with Crippen LogP contribution in [0, 0.1) is 6.92 Å². The fraction of sp³-hybridized carbons (Fsp3) is 0.312. The molecule has 134 valence electrons. The lowest BCUT2D eigenvalue weighted by molar-refractivity contribution is 0.256. The molecule has 0 fully saturated rings. The van der Waals surface area contributed by atoms with Crippen molar-refractivity contribution >= 4 is 33.6 Å². The van der Waals surface area contributed by atoms with Crippen LogP contribution in [0.2, 0.25) is 5.15 Å². The third kappa shape index (κ3) is 5.14. The maximum Gasteiger partial charge on any atom is 0.335 e. The fourth-order valence-electron chi connectivity index (χ4n) is 2.16. The van der Waals surface area contributed by atoms with Crippen LogP contribution >= 0.6 is 11.6 Å². The Hall–Kier alpha value is -2.19. The zero-order valence-corrected chi connectivity index (χ0v) is 15.5. The number of amides is 2. The molecule has 1 aromatic heterocycles. The van der Waals surface area contributed by atoms with Crippen molar-refractivity contribution in [2.75, 3.05) is 5.32 Å². The number of anilines is 1. The van der Waals surface area contributed by atoms with Crippen LogP contribution in [-0.4, -0.2) is 24.4 Å². The second-order valence-electron chi connectivity index (χ2n) is 5.38. The molecule has 25 heavy (non-hydrogen) atoms. The van der Waals surface area contributed by atoms with E-state index in [2.05, 4.69) is 22.2 Å². The van der Waals surface area contributed by atoms with Gasteiger partial charge < -0.3 is 0 Å². The molecule has 0 spiro atoms. The lowest BCUT2D eigenvalue weighted by Gasteiger charge is -2.11. The molecule has 0 aliphatic carbocycles. The van der Waals surface area contributed by atoms with Gasteiger partial charge in [-0.1, -0.05) is 43.1 Å². The van der Waals surface area contributed by atoms with Gasteiger partial charge in [0.15, 0.2) is 0 Å². The number of nitrogens with zero attached hydrogens (tertiary/aromatic N) is 2. The van der Waals surface area contributed by atoms with Gasteiger partial charge >= 0.3 is 6.03 Å². The number of sulfonamides is 1. The van der Waals surface area contributed by atoms with Crippen molar-refractivity contribution in [2.45, 2.75) is 38.0 Å². The predicted molar refractivity (Wildman–Crippen MR) is 96.2 cm³/mol. The van der Waals surface area contributed by atoms with E-state index < -0.39 is 16.1 Å². The van der Waals surface area contributed by atoms with Crippen LogP contribution in [0.4, 0.5) is 10.7 Å². The lowest BCUT2D eigenvalue weighted by atomic mass is 10.1. The smallest absolute Gasteiger partial charge is 0.275 e. The number of hydrogen-bond donors (Lipinski definition) is 2. The summed E-state index contributed by atoms with van der Waals surface area (Å²) in [7, 11) is -3.97. The fourth-order valence-corrected chi connectivity index (χ4v) is 3.40. The van der Waals surface area contributed by atoms with Crippen LogP contribution < -0.4 is 10.0 Å². The SMILES string of the molecule is CCCCc1c(C)nc(NC(=O)NS(=O)(=O)c2ccccc2)nc1Cl. The Balaban J connectivity index is 2.11. The highest BCUT2D eigenvalue weighted by Crippen LogP contribution is 2.20. The first-order valence-electron chi connectivity index (χ1n) is 7.75. The van der Waals surface area contributed by atoms with Crippen LogP contribution in [0.5, 0.6) is 0 Å². The summed E-state index contributed by atoms with van der Waals surface area (Å²) >= 11 is 6.14. The summed E-state index contributed by atoms with van der Waals surface area (Å²) in [5.74, 6) is -0.0523. The van der Waals surface area contributed by atoms with Crippen molar-refractivity contribution in [2.24, 2.45) is 0 Å². The molecule has 0 unspecified atom stereocenters. The molecule has 0 aliphatic rings. The van der Waals surface area contributed by atoms with E-state index in [0.717, 1.165) is 24.8 Å². The van der Waals surface area contributed by atoms with Gasteiger partial charge in [-0.3, -0.25) is 5.32 Å². The van der Waals surface area contributed by atoms with Gasteiger partial charge in [0.2, 0.25) is 5.95 Å². The molecule has 1 heterocycles. The Morgan fingerprint density at radius 1 is 1.20 bits per heavy atom. The second-order valence-corrected chi connectivity index (χ2v) is 7.42. The molecule has 2 aromatic rings. The highest BCUT2D eigenvalue weighted by Gasteiger charge is 2.18. The number of aromatic nitrogens is 2. The highest BCUT2D eigenvalue weighted by atomic mass is 35.5. The number of nitrogens with one attached hydrogen (secondary N) is 2. The Bertz CT molecular complexity index is 834. The molecule has 1 aromatic carbocycles. The van der Waals surface area contributed by atoms with Gasteiger partial charge in [0.05, 0.1) is 4.90 Å². The number of urea groups is 1. The quantitative estimate of drug-likeness (QED) is 0.746. The maximum absolute atomic E-state index is 12.1. The monoisotopic (exact) mass is 382 g/mol. The predicted octanol–water partition coefficient (Wildman–Crippen LogP) is 3.29. The summed E-state index contributed by atoms with van der Waals surface area (Å²) in [6, 6.07) is 6.62. The van der Waals surface area contributed by atoms with E-state index in [-0.39, 0.29) is 16.0 Å². The Morgan fingerprint density at radius 2 is 1.88 bits per heavy atom. The van der Waals surface area contributed by atoms with E-state index in [1.54, 1.807) is 25.1 Å². The first-order chi connectivity index (χ1) is 11.8. The molecule has 2 amide bonds. The minimum atomic E-state index is -3.97. The van der Waals surface area contributed by atoms with E-state index in [1.165, 1.54) is 12.1 Å². The molecule has 0 saturated carbocycles. The summed E-state index contributed by atoms with van der Waals surface area (Å²) in [6.45, 7) is 3.83. The Labute approximate surface area is 151 Å². The third-order valence-electron chi connectivity index (χ3n) is 3.45. The van der Waals surface area contributed by atoms with Crippen molar-refractivity contribution in [1.29, 1.82) is 0 Å². The zero-order valence-electron chi connectivity index (χ0n) is 13.9. The number of halogens is 1. The van der Waals surface area contributed by atoms with Gasteiger partial charge in [-0.2, -0.15) is 0 Å². The summed E-state index contributed by atoms with van der Waals surface area (Å²) in [5.41, 5.74) is 1.47. The first-order valence-corrected chi connectivity index (χ1v) is 9.61. The molecule has 0 saturated heterocycles. The zero-order chi connectivity index (χ0) is 18.4. The number of unbranched alkanes of at least 4 members (excludes halogenated alkanes) is 1. The van der Waals surface area contributed by atoms with Gasteiger partial charge in [-0.15, -0.1) is 0 Å².